The first-order valence-electron chi connectivity index (χ1n) is 15.3. The molecule has 2 heterocycles. The minimum atomic E-state index is -0.736. The number of nitrogens with one attached hydrogen (secondary N) is 2. The Hall–Kier alpha value is -3.16. The van der Waals surface area contributed by atoms with Crippen LogP contribution in [0.15, 0.2) is 41.1 Å². The van der Waals surface area contributed by atoms with Crippen LogP contribution in [0.3, 0.4) is 0 Å². The molecular formula is C32H44N4O4. The predicted molar refractivity (Wildman–Crippen MR) is 153 cm³/mol. The third kappa shape index (κ3) is 6.11. The van der Waals surface area contributed by atoms with Gasteiger partial charge in [-0.1, -0.05) is 81.8 Å². The van der Waals surface area contributed by atoms with Gasteiger partial charge in [-0.25, -0.2) is 0 Å². The Balaban J connectivity index is 1.27. The Bertz CT molecular complexity index is 1170. The van der Waals surface area contributed by atoms with Crippen LogP contribution in [0.2, 0.25) is 0 Å². The summed E-state index contributed by atoms with van der Waals surface area (Å²) in [5.41, 5.74) is 3.07. The van der Waals surface area contributed by atoms with Crippen LogP contribution in [-0.4, -0.2) is 53.0 Å². The zero-order chi connectivity index (χ0) is 28.1. The van der Waals surface area contributed by atoms with Crippen molar-refractivity contribution in [3.05, 3.63) is 53.4 Å². The second-order valence-corrected chi connectivity index (χ2v) is 12.3. The molecule has 3 aliphatic rings. The van der Waals surface area contributed by atoms with Crippen LogP contribution in [0.4, 0.5) is 0 Å². The second-order valence-electron chi connectivity index (χ2n) is 12.3. The summed E-state index contributed by atoms with van der Waals surface area (Å²) in [6.07, 6.45) is 12.5. The van der Waals surface area contributed by atoms with E-state index in [0.29, 0.717) is 25.4 Å². The summed E-state index contributed by atoms with van der Waals surface area (Å²) < 4.78 is 5.03. The molecule has 5 rings (SSSR count). The normalized spacial score (nSPS) is 20.9. The highest BCUT2D eigenvalue weighted by atomic mass is 16.5. The van der Waals surface area contributed by atoms with E-state index in [-0.39, 0.29) is 28.9 Å². The summed E-state index contributed by atoms with van der Waals surface area (Å²) in [4.78, 5) is 42.4. The average molecular weight is 549 g/mol. The van der Waals surface area contributed by atoms with Crippen LogP contribution in [-0.2, 0) is 21.4 Å². The molecule has 3 amide bonds. The van der Waals surface area contributed by atoms with Gasteiger partial charge in [0.15, 0.2) is 0 Å². The maximum atomic E-state index is 13.9. The summed E-state index contributed by atoms with van der Waals surface area (Å²) in [5.74, 6) is -0.355. The Labute approximate surface area is 237 Å². The van der Waals surface area contributed by atoms with E-state index in [2.05, 4.69) is 40.1 Å². The largest absolute Gasteiger partial charge is 0.351 e. The quantitative estimate of drug-likeness (QED) is 0.469. The van der Waals surface area contributed by atoms with Crippen LogP contribution in [0.1, 0.15) is 99.7 Å². The number of hydrogen-bond acceptors (Lipinski definition) is 5. The van der Waals surface area contributed by atoms with Gasteiger partial charge in [0.05, 0.1) is 6.20 Å². The van der Waals surface area contributed by atoms with Gasteiger partial charge in [-0.05, 0) is 60.5 Å². The number of aromatic nitrogens is 1. The second kappa shape index (κ2) is 12.6. The summed E-state index contributed by atoms with van der Waals surface area (Å²) in [6.45, 7) is 5.46. The fraction of sp³-hybridized carbons (Fsp3) is 0.625. The monoisotopic (exact) mass is 548 g/mol. The topological polar surface area (TPSA) is 105 Å². The number of hydrogen-bond donors (Lipinski definition) is 2. The lowest BCUT2D eigenvalue weighted by molar-refractivity contribution is -0.139. The highest BCUT2D eigenvalue weighted by Crippen LogP contribution is 2.46. The third-order valence-corrected chi connectivity index (χ3v) is 9.85. The summed E-state index contributed by atoms with van der Waals surface area (Å²) in [5, 5.41) is 9.59. The fourth-order valence-electron chi connectivity index (χ4n) is 7.12. The lowest BCUT2D eigenvalue weighted by Crippen LogP contribution is -2.58. The van der Waals surface area contributed by atoms with Crippen molar-refractivity contribution in [2.24, 2.45) is 11.8 Å². The summed E-state index contributed by atoms with van der Waals surface area (Å²) in [7, 11) is 0. The molecule has 3 atom stereocenters. The molecule has 2 unspecified atom stereocenters. The molecule has 2 aromatic rings. The lowest BCUT2D eigenvalue weighted by atomic mass is 9.73. The molecule has 1 aromatic heterocycles. The van der Waals surface area contributed by atoms with Crippen LogP contribution < -0.4 is 10.6 Å². The van der Waals surface area contributed by atoms with Gasteiger partial charge >= 0.3 is 0 Å². The van der Waals surface area contributed by atoms with E-state index < -0.39 is 18.0 Å². The van der Waals surface area contributed by atoms with Crippen molar-refractivity contribution < 1.29 is 18.9 Å². The maximum absolute atomic E-state index is 13.9. The van der Waals surface area contributed by atoms with Gasteiger partial charge in [0.1, 0.15) is 12.1 Å². The molecule has 8 nitrogen and oxygen atoms in total. The molecule has 1 aliphatic heterocycles. The number of benzene rings is 1. The molecule has 0 radical (unpaired) electrons. The van der Waals surface area contributed by atoms with Crippen LogP contribution >= 0.6 is 0 Å². The van der Waals surface area contributed by atoms with Crippen LogP contribution in [0.25, 0.3) is 0 Å². The minimum Gasteiger partial charge on any atom is -0.351 e. The minimum absolute atomic E-state index is 0.0122. The standard InChI is InChI=1S/C32H44N4O4/c1-3-22(2)28(31(39)36-19-16-32(17-20-36)15-13-24-11-7-8-12-25(24)32)35-29(37)26(21-23-9-5-4-6-10-23)34-30(38)27-14-18-33-40-27/h7-8,11-12,14,18,22-23,26,28H,3-6,9-10,13,15-17,19-21H2,1-2H3,(H,34,38)(H,35,37)/t22?,26?,28-/m0/s1. The molecule has 40 heavy (non-hydrogen) atoms. The number of carbonyl (C=O) groups excluding carboxylic acids is 3. The molecule has 1 saturated carbocycles. The highest BCUT2D eigenvalue weighted by Gasteiger charge is 2.43. The summed E-state index contributed by atoms with van der Waals surface area (Å²) in [6, 6.07) is 8.87. The van der Waals surface area contributed by atoms with Crippen molar-refractivity contribution in [2.45, 2.75) is 102 Å². The van der Waals surface area contributed by atoms with Gasteiger partial charge in [-0.3, -0.25) is 14.4 Å². The SMILES string of the molecule is CCC(C)[C@H](NC(=O)C(CC1CCCCC1)NC(=O)c1ccno1)C(=O)N1CCC2(CCc3ccccc32)CC1. The Morgan fingerprint density at radius 3 is 2.50 bits per heavy atom. The number of fused-ring (bicyclic) bond motifs is 2. The van der Waals surface area contributed by atoms with E-state index in [0.717, 1.165) is 57.8 Å². The van der Waals surface area contributed by atoms with Crippen molar-refractivity contribution in [3.8, 4) is 0 Å². The van der Waals surface area contributed by atoms with E-state index in [1.165, 1.54) is 29.8 Å². The molecule has 2 aliphatic carbocycles. The van der Waals surface area contributed by atoms with E-state index in [4.69, 9.17) is 4.52 Å². The number of amides is 3. The highest BCUT2D eigenvalue weighted by molar-refractivity contribution is 5.96. The van der Waals surface area contributed by atoms with Crippen molar-refractivity contribution in [1.82, 2.24) is 20.7 Å². The van der Waals surface area contributed by atoms with E-state index in [1.54, 1.807) is 0 Å². The Kier molecular flexibility index (Phi) is 8.91. The van der Waals surface area contributed by atoms with Crippen molar-refractivity contribution in [3.63, 3.8) is 0 Å². The first-order chi connectivity index (χ1) is 19.4. The Morgan fingerprint density at radius 2 is 1.80 bits per heavy atom. The number of rotatable bonds is 9. The molecule has 1 aromatic carbocycles. The van der Waals surface area contributed by atoms with Gasteiger partial charge < -0.3 is 20.1 Å². The number of piperidine rings is 1. The van der Waals surface area contributed by atoms with Gasteiger partial charge in [-0.15, -0.1) is 0 Å². The fourth-order valence-corrected chi connectivity index (χ4v) is 7.12. The average Bonchev–Trinajstić information content (AvgIpc) is 3.65. The van der Waals surface area contributed by atoms with E-state index >= 15 is 0 Å². The smallest absolute Gasteiger partial charge is 0.290 e. The number of nitrogens with zero attached hydrogens (tertiary/aromatic N) is 2. The van der Waals surface area contributed by atoms with Crippen molar-refractivity contribution in [1.29, 1.82) is 0 Å². The zero-order valence-corrected chi connectivity index (χ0v) is 24.0. The number of carbonyl (C=O) groups is 3. The maximum Gasteiger partial charge on any atom is 0.290 e. The van der Waals surface area contributed by atoms with E-state index in [9.17, 15) is 14.4 Å². The molecule has 8 heteroatoms. The number of likely N-dealkylation sites (tertiary alicyclic amines) is 1. The molecule has 1 saturated heterocycles. The Morgan fingerprint density at radius 1 is 1.05 bits per heavy atom. The number of aryl methyl sites for hydroxylation is 1. The molecule has 1 spiro atoms. The predicted octanol–water partition coefficient (Wildman–Crippen LogP) is 4.78. The first-order valence-corrected chi connectivity index (χ1v) is 15.3. The van der Waals surface area contributed by atoms with Crippen molar-refractivity contribution in [2.75, 3.05) is 13.1 Å². The van der Waals surface area contributed by atoms with Gasteiger partial charge in [-0.2, -0.15) is 0 Å². The third-order valence-electron chi connectivity index (χ3n) is 9.85. The van der Waals surface area contributed by atoms with Gasteiger partial charge in [0, 0.05) is 19.2 Å². The lowest BCUT2D eigenvalue weighted by Gasteiger charge is -2.42. The van der Waals surface area contributed by atoms with E-state index in [1.807, 2.05) is 18.7 Å². The van der Waals surface area contributed by atoms with Crippen LogP contribution in [0, 0.1) is 11.8 Å². The molecule has 2 fully saturated rings. The molecule has 216 valence electrons. The van der Waals surface area contributed by atoms with Gasteiger partial charge in [0.2, 0.25) is 17.6 Å². The zero-order valence-electron chi connectivity index (χ0n) is 24.0. The molecular weight excluding hydrogens is 504 g/mol. The molecule has 0 bridgehead atoms. The molecule has 2 N–H and O–H groups in total. The summed E-state index contributed by atoms with van der Waals surface area (Å²) >= 11 is 0. The van der Waals surface area contributed by atoms with Gasteiger partial charge in [0.25, 0.3) is 5.91 Å². The van der Waals surface area contributed by atoms with Crippen molar-refractivity contribution >= 4 is 17.7 Å². The first kappa shape index (κ1) is 28.4. The van der Waals surface area contributed by atoms with Crippen LogP contribution in [0.5, 0.6) is 0 Å².